The van der Waals surface area contributed by atoms with Gasteiger partial charge < -0.3 is 18.9 Å². The molecule has 1 amide bonds. The van der Waals surface area contributed by atoms with Gasteiger partial charge >= 0.3 is 12.3 Å². The van der Waals surface area contributed by atoms with E-state index in [1.54, 1.807) is 29.2 Å². The largest absolute Gasteiger partial charge is 0.490 e. The van der Waals surface area contributed by atoms with Gasteiger partial charge in [-0.05, 0) is 81.6 Å². The lowest BCUT2D eigenvalue weighted by Gasteiger charge is -2.33. The number of pyridine rings is 1. The molecule has 1 fully saturated rings. The molecule has 222 valence electrons. The van der Waals surface area contributed by atoms with E-state index in [2.05, 4.69) is 4.85 Å². The van der Waals surface area contributed by atoms with Crippen molar-refractivity contribution in [3.05, 3.63) is 92.6 Å². The van der Waals surface area contributed by atoms with E-state index in [0.29, 0.717) is 37.2 Å². The second-order valence-corrected chi connectivity index (χ2v) is 11.5. The van der Waals surface area contributed by atoms with Crippen LogP contribution in [0.15, 0.2) is 53.3 Å². The zero-order valence-electron chi connectivity index (χ0n) is 24.3. The first-order chi connectivity index (χ1) is 19.7. The topological polar surface area (TPSA) is 65.1 Å². The number of alkyl halides is 3. The number of nitrogens with zero attached hydrogens (tertiary/aromatic N) is 3. The average molecular weight is 582 g/mol. The highest BCUT2D eigenvalue weighted by Gasteiger charge is 2.36. The van der Waals surface area contributed by atoms with E-state index >= 15 is 0 Å². The van der Waals surface area contributed by atoms with E-state index in [0.717, 1.165) is 22.8 Å². The first-order valence-electron chi connectivity index (χ1n) is 13.7. The van der Waals surface area contributed by atoms with Crippen molar-refractivity contribution >= 4 is 11.8 Å². The summed E-state index contributed by atoms with van der Waals surface area (Å²) in [6.07, 6.45) is -4.18. The molecular formula is C32H34F3N3O4. The van der Waals surface area contributed by atoms with Crippen LogP contribution in [-0.2, 0) is 17.5 Å². The Kier molecular flexibility index (Phi) is 8.71. The van der Waals surface area contributed by atoms with E-state index in [1.807, 2.05) is 52.8 Å². The summed E-state index contributed by atoms with van der Waals surface area (Å²) < 4.78 is 54.5. The number of halogens is 3. The highest BCUT2D eigenvalue weighted by Crippen LogP contribution is 2.37. The number of carbonyl (C=O) groups excluding carboxylic acids is 1. The Hall–Kier alpha value is -4.26. The van der Waals surface area contributed by atoms with Gasteiger partial charge in [-0.3, -0.25) is 4.79 Å². The third-order valence-corrected chi connectivity index (χ3v) is 7.06. The summed E-state index contributed by atoms with van der Waals surface area (Å²) in [6, 6.07) is 13.0. The number of carbonyl (C=O) groups is 1. The van der Waals surface area contributed by atoms with Crippen LogP contribution >= 0.6 is 0 Å². The molecule has 7 nitrogen and oxygen atoms in total. The molecule has 0 bridgehead atoms. The molecule has 0 unspecified atom stereocenters. The molecule has 2 heterocycles. The predicted molar refractivity (Wildman–Crippen MR) is 154 cm³/mol. The van der Waals surface area contributed by atoms with Crippen LogP contribution in [0.5, 0.6) is 5.75 Å². The molecule has 3 aromatic rings. The van der Waals surface area contributed by atoms with Gasteiger partial charge in [-0.15, -0.1) is 0 Å². The van der Waals surface area contributed by atoms with Gasteiger partial charge in [-0.2, -0.15) is 13.2 Å². The first-order valence-corrected chi connectivity index (χ1v) is 13.7. The standard InChI is InChI=1S/C32H34F3N3O4/c1-20-7-8-23(21(2)17-20)19-38-27(18-26(32(33,34)35)28(36-6)29(38)39)22-9-11-24(12-10-22)41-25-13-15-37(16-14-25)30(40)42-31(3,4)5/h7-12,17-18,25H,13-16,19H2,1-5H3. The van der Waals surface area contributed by atoms with Crippen molar-refractivity contribution in [1.29, 1.82) is 0 Å². The SMILES string of the molecule is [C-]#[N+]c1c(C(F)(F)F)cc(-c2ccc(OC3CCN(C(=O)OC(C)(C)C)CC3)cc2)n(Cc2ccc(C)cc2C)c1=O. The second-order valence-electron chi connectivity index (χ2n) is 11.5. The fourth-order valence-electron chi connectivity index (χ4n) is 4.93. The summed E-state index contributed by atoms with van der Waals surface area (Å²) in [5, 5.41) is 0. The molecule has 0 atom stereocenters. The summed E-state index contributed by atoms with van der Waals surface area (Å²) in [6.45, 7) is 17.5. The summed E-state index contributed by atoms with van der Waals surface area (Å²) >= 11 is 0. The van der Waals surface area contributed by atoms with Gasteiger partial charge in [-0.1, -0.05) is 23.8 Å². The summed E-state index contributed by atoms with van der Waals surface area (Å²) in [5.74, 6) is 0.520. The number of amides is 1. The first kappa shape index (κ1) is 30.7. The number of rotatable bonds is 5. The van der Waals surface area contributed by atoms with Gasteiger partial charge in [0.25, 0.3) is 11.2 Å². The van der Waals surface area contributed by atoms with Crippen LogP contribution in [0.25, 0.3) is 16.1 Å². The number of piperidine rings is 1. The Morgan fingerprint density at radius 2 is 1.67 bits per heavy atom. The zero-order chi connectivity index (χ0) is 30.8. The van der Waals surface area contributed by atoms with E-state index < -0.39 is 28.6 Å². The molecule has 0 radical (unpaired) electrons. The monoisotopic (exact) mass is 581 g/mol. The Morgan fingerprint density at radius 1 is 1.02 bits per heavy atom. The molecule has 0 saturated carbocycles. The average Bonchev–Trinajstić information content (AvgIpc) is 2.90. The highest BCUT2D eigenvalue weighted by atomic mass is 19.4. The van der Waals surface area contributed by atoms with E-state index in [-0.39, 0.29) is 24.4 Å². The van der Waals surface area contributed by atoms with Crippen LogP contribution < -0.4 is 10.3 Å². The molecule has 42 heavy (non-hydrogen) atoms. The third kappa shape index (κ3) is 7.14. The number of benzene rings is 2. The fraction of sp³-hybridized carbons (Fsp3) is 0.406. The van der Waals surface area contributed by atoms with Crippen molar-refractivity contribution in [2.75, 3.05) is 13.1 Å². The maximum atomic E-state index is 13.9. The maximum absolute atomic E-state index is 13.9. The van der Waals surface area contributed by atoms with Gasteiger partial charge in [0.05, 0.1) is 18.7 Å². The molecule has 4 rings (SSSR count). The quantitative estimate of drug-likeness (QED) is 0.292. The lowest BCUT2D eigenvalue weighted by atomic mass is 10.0. The van der Waals surface area contributed by atoms with Gasteiger partial charge in [0.1, 0.15) is 17.5 Å². The molecule has 2 aromatic carbocycles. The molecule has 10 heteroatoms. The fourth-order valence-corrected chi connectivity index (χ4v) is 4.93. The minimum atomic E-state index is -4.87. The zero-order valence-corrected chi connectivity index (χ0v) is 24.3. The Labute approximate surface area is 243 Å². The van der Waals surface area contributed by atoms with Crippen LogP contribution in [0.3, 0.4) is 0 Å². The molecule has 0 aliphatic carbocycles. The van der Waals surface area contributed by atoms with Gasteiger partial charge in [0, 0.05) is 31.6 Å². The van der Waals surface area contributed by atoms with Gasteiger partial charge in [-0.25, -0.2) is 9.64 Å². The van der Waals surface area contributed by atoms with Gasteiger partial charge in [0.2, 0.25) is 0 Å². The number of ether oxygens (including phenoxy) is 2. The van der Waals surface area contributed by atoms with E-state index in [9.17, 15) is 22.8 Å². The molecule has 0 N–H and O–H groups in total. The van der Waals surface area contributed by atoms with Crippen LogP contribution in [0, 0.1) is 20.4 Å². The van der Waals surface area contributed by atoms with Crippen LogP contribution in [0.2, 0.25) is 0 Å². The molecule has 1 aliphatic rings. The maximum Gasteiger partial charge on any atom is 0.410 e. The summed E-state index contributed by atoms with van der Waals surface area (Å²) in [7, 11) is 0. The summed E-state index contributed by atoms with van der Waals surface area (Å²) in [4.78, 5) is 30.3. The number of likely N-dealkylation sites (tertiary alicyclic amines) is 1. The number of aromatic nitrogens is 1. The van der Waals surface area contributed by atoms with E-state index in [4.69, 9.17) is 16.0 Å². The minimum Gasteiger partial charge on any atom is -0.490 e. The van der Waals surface area contributed by atoms with Crippen LogP contribution in [-0.4, -0.2) is 40.4 Å². The molecule has 0 spiro atoms. The number of hydrogen-bond donors (Lipinski definition) is 0. The highest BCUT2D eigenvalue weighted by molar-refractivity contribution is 5.68. The number of hydrogen-bond acceptors (Lipinski definition) is 4. The Balaban J connectivity index is 1.60. The van der Waals surface area contributed by atoms with E-state index in [1.165, 1.54) is 4.57 Å². The van der Waals surface area contributed by atoms with Crippen molar-refractivity contribution in [3.8, 4) is 17.0 Å². The predicted octanol–water partition coefficient (Wildman–Crippen LogP) is 7.53. The molecule has 1 aliphatic heterocycles. The van der Waals surface area contributed by atoms with Crippen molar-refractivity contribution in [2.24, 2.45) is 0 Å². The van der Waals surface area contributed by atoms with Crippen molar-refractivity contribution in [1.82, 2.24) is 9.47 Å². The normalized spacial score (nSPS) is 14.4. The molecular weight excluding hydrogens is 547 g/mol. The smallest absolute Gasteiger partial charge is 0.410 e. The molecule has 1 saturated heterocycles. The molecule has 1 aromatic heterocycles. The lowest BCUT2D eigenvalue weighted by Crippen LogP contribution is -2.44. The van der Waals surface area contributed by atoms with Crippen molar-refractivity contribution in [3.63, 3.8) is 0 Å². The van der Waals surface area contributed by atoms with Gasteiger partial charge in [0.15, 0.2) is 0 Å². The minimum absolute atomic E-state index is 0.00934. The van der Waals surface area contributed by atoms with Crippen molar-refractivity contribution < 1.29 is 27.4 Å². The second kappa shape index (κ2) is 11.9. The summed E-state index contributed by atoms with van der Waals surface area (Å²) in [5.41, 5.74) is -0.678. The lowest BCUT2D eigenvalue weighted by molar-refractivity contribution is -0.136. The van der Waals surface area contributed by atoms with Crippen LogP contribution in [0.1, 0.15) is 55.9 Å². The van der Waals surface area contributed by atoms with Crippen LogP contribution in [0.4, 0.5) is 23.7 Å². The number of aryl methyl sites for hydroxylation is 2. The Bertz CT molecular complexity index is 1560. The van der Waals surface area contributed by atoms with Crippen molar-refractivity contribution in [2.45, 2.75) is 71.9 Å². The third-order valence-electron chi connectivity index (χ3n) is 7.06. The Morgan fingerprint density at radius 3 is 2.21 bits per heavy atom.